The Balaban J connectivity index is 0.00000363. The van der Waals surface area contributed by atoms with E-state index in [1.807, 2.05) is 18.2 Å². The first-order valence-corrected chi connectivity index (χ1v) is 10.4. The molecule has 7 nitrogen and oxygen atoms in total. The molecule has 1 unspecified atom stereocenters. The first-order chi connectivity index (χ1) is 15.1. The molecule has 0 amide bonds. The highest BCUT2D eigenvalue weighted by atomic mass is 127. The maximum absolute atomic E-state index is 13.9. The molecular formula is C23H32FIN4O3. The normalized spacial score (nSPS) is 15.4. The number of rotatable bonds is 8. The van der Waals surface area contributed by atoms with Crippen molar-refractivity contribution in [3.8, 4) is 11.5 Å². The molecule has 0 aliphatic carbocycles. The molecule has 1 aliphatic heterocycles. The minimum atomic E-state index is -0.378. The Labute approximate surface area is 206 Å². The maximum Gasteiger partial charge on any atom is 0.191 e. The molecule has 2 N–H and O–H groups in total. The van der Waals surface area contributed by atoms with Crippen LogP contribution in [0.1, 0.15) is 17.2 Å². The van der Waals surface area contributed by atoms with Crippen LogP contribution < -0.4 is 20.1 Å². The van der Waals surface area contributed by atoms with Crippen LogP contribution in [0.3, 0.4) is 0 Å². The first-order valence-electron chi connectivity index (χ1n) is 10.4. The number of halogens is 2. The van der Waals surface area contributed by atoms with Crippen LogP contribution in [0.4, 0.5) is 4.39 Å². The van der Waals surface area contributed by atoms with Crippen LogP contribution in [-0.4, -0.2) is 65.0 Å². The average molecular weight is 558 g/mol. The van der Waals surface area contributed by atoms with E-state index in [0.29, 0.717) is 19.0 Å². The number of benzene rings is 2. The molecule has 32 heavy (non-hydrogen) atoms. The van der Waals surface area contributed by atoms with Gasteiger partial charge in [-0.3, -0.25) is 9.89 Å². The summed E-state index contributed by atoms with van der Waals surface area (Å²) in [5.74, 6) is 1.35. The molecule has 0 bridgehead atoms. The van der Waals surface area contributed by atoms with E-state index in [1.54, 1.807) is 20.2 Å². The highest BCUT2D eigenvalue weighted by Gasteiger charge is 2.23. The minimum Gasteiger partial charge on any atom is -0.497 e. The highest BCUT2D eigenvalue weighted by Crippen LogP contribution is 2.23. The van der Waals surface area contributed by atoms with Crippen molar-refractivity contribution in [1.82, 2.24) is 15.5 Å². The summed E-state index contributed by atoms with van der Waals surface area (Å²) in [5, 5.41) is 6.65. The van der Waals surface area contributed by atoms with Crippen LogP contribution in [0.5, 0.6) is 11.5 Å². The second-order valence-corrected chi connectivity index (χ2v) is 7.21. The van der Waals surface area contributed by atoms with Crippen LogP contribution in [-0.2, 0) is 11.3 Å². The molecule has 176 valence electrons. The van der Waals surface area contributed by atoms with E-state index < -0.39 is 0 Å². The number of aliphatic imine (C=N–C) groups is 1. The third-order valence-corrected chi connectivity index (χ3v) is 5.35. The van der Waals surface area contributed by atoms with Gasteiger partial charge in [0, 0.05) is 33.2 Å². The zero-order chi connectivity index (χ0) is 22.1. The van der Waals surface area contributed by atoms with Gasteiger partial charge >= 0.3 is 0 Å². The van der Waals surface area contributed by atoms with Gasteiger partial charge in [-0.25, -0.2) is 4.39 Å². The molecule has 1 aliphatic rings. The third-order valence-electron chi connectivity index (χ3n) is 5.35. The van der Waals surface area contributed by atoms with Crippen LogP contribution in [0.2, 0.25) is 0 Å². The Hall–Kier alpha value is -2.11. The molecule has 0 saturated carbocycles. The quantitative estimate of drug-likeness (QED) is 0.295. The molecule has 1 saturated heterocycles. The number of hydrogen-bond acceptors (Lipinski definition) is 5. The fourth-order valence-electron chi connectivity index (χ4n) is 3.59. The number of nitrogens with one attached hydrogen (secondary N) is 2. The van der Waals surface area contributed by atoms with Crippen LogP contribution >= 0.6 is 24.0 Å². The van der Waals surface area contributed by atoms with Crippen molar-refractivity contribution in [3.05, 3.63) is 59.4 Å². The van der Waals surface area contributed by atoms with Gasteiger partial charge in [-0.1, -0.05) is 18.2 Å². The summed E-state index contributed by atoms with van der Waals surface area (Å²) in [7, 11) is 4.84. The van der Waals surface area contributed by atoms with Crippen molar-refractivity contribution in [2.24, 2.45) is 4.99 Å². The van der Waals surface area contributed by atoms with Crippen molar-refractivity contribution >= 4 is 29.9 Å². The number of guanidine groups is 1. The van der Waals surface area contributed by atoms with Gasteiger partial charge < -0.3 is 24.8 Å². The van der Waals surface area contributed by atoms with Gasteiger partial charge in [0.05, 0.1) is 33.5 Å². The molecule has 1 fully saturated rings. The molecule has 1 atom stereocenters. The first kappa shape index (κ1) is 26.1. The maximum atomic E-state index is 13.9. The molecule has 0 spiro atoms. The standard InChI is InChI=1S/C23H31FN4O3.HI/c1-25-23(26-15-17-4-9-22(30-3)20(24)14-17)27-16-21(28-10-12-31-13-11-28)18-5-7-19(29-2)8-6-18;/h4-9,14,21H,10-13,15-16H2,1-3H3,(H2,25,26,27);1H. The van der Waals surface area contributed by atoms with Gasteiger partial charge in [-0.05, 0) is 35.4 Å². The number of hydrogen-bond donors (Lipinski definition) is 2. The van der Waals surface area contributed by atoms with E-state index in [-0.39, 0.29) is 41.6 Å². The van der Waals surface area contributed by atoms with E-state index in [4.69, 9.17) is 14.2 Å². The van der Waals surface area contributed by atoms with Crippen LogP contribution in [0, 0.1) is 5.82 Å². The van der Waals surface area contributed by atoms with Gasteiger partial charge in [0.2, 0.25) is 0 Å². The van der Waals surface area contributed by atoms with E-state index in [9.17, 15) is 4.39 Å². The van der Waals surface area contributed by atoms with Crippen LogP contribution in [0.25, 0.3) is 0 Å². The number of morpholine rings is 1. The lowest BCUT2D eigenvalue weighted by molar-refractivity contribution is 0.0170. The zero-order valence-corrected chi connectivity index (χ0v) is 21.1. The molecule has 3 rings (SSSR count). The summed E-state index contributed by atoms with van der Waals surface area (Å²) in [5.41, 5.74) is 2.00. The topological polar surface area (TPSA) is 67.4 Å². The zero-order valence-electron chi connectivity index (χ0n) is 18.8. The lowest BCUT2D eigenvalue weighted by Gasteiger charge is -2.35. The number of nitrogens with zero attached hydrogens (tertiary/aromatic N) is 2. The van der Waals surface area contributed by atoms with E-state index in [0.717, 1.165) is 37.6 Å². The molecule has 9 heteroatoms. The van der Waals surface area contributed by atoms with Crippen molar-refractivity contribution in [2.75, 3.05) is 54.1 Å². The third kappa shape index (κ3) is 7.21. The van der Waals surface area contributed by atoms with Crippen molar-refractivity contribution in [3.63, 3.8) is 0 Å². The Kier molecular flexibility index (Phi) is 11.0. The molecule has 0 radical (unpaired) electrons. The minimum absolute atomic E-state index is 0. The monoisotopic (exact) mass is 558 g/mol. The summed E-state index contributed by atoms with van der Waals surface area (Å²) in [4.78, 5) is 6.72. The predicted octanol–water partition coefficient (Wildman–Crippen LogP) is 3.20. The fourth-order valence-corrected chi connectivity index (χ4v) is 3.59. The molecule has 2 aromatic rings. The molecule has 1 heterocycles. The smallest absolute Gasteiger partial charge is 0.191 e. The van der Waals surface area contributed by atoms with E-state index in [1.165, 1.54) is 18.7 Å². The molecule has 2 aromatic carbocycles. The summed E-state index contributed by atoms with van der Waals surface area (Å²) in [6, 6.07) is 13.2. The summed E-state index contributed by atoms with van der Waals surface area (Å²) >= 11 is 0. The largest absolute Gasteiger partial charge is 0.497 e. The van der Waals surface area contributed by atoms with E-state index >= 15 is 0 Å². The van der Waals surface area contributed by atoms with Gasteiger partial charge in [0.25, 0.3) is 0 Å². The number of ether oxygens (including phenoxy) is 3. The van der Waals surface area contributed by atoms with Crippen molar-refractivity contribution in [2.45, 2.75) is 12.6 Å². The van der Waals surface area contributed by atoms with E-state index in [2.05, 4.69) is 32.7 Å². The van der Waals surface area contributed by atoms with Gasteiger partial charge in [0.15, 0.2) is 17.5 Å². The molecule has 0 aromatic heterocycles. The van der Waals surface area contributed by atoms with Gasteiger partial charge in [-0.2, -0.15) is 0 Å². The SMILES string of the molecule is CN=C(NCc1ccc(OC)c(F)c1)NCC(c1ccc(OC)cc1)N1CCOCC1.I. The Morgan fingerprint density at radius 1 is 1.09 bits per heavy atom. The van der Waals surface area contributed by atoms with Crippen molar-refractivity contribution in [1.29, 1.82) is 0 Å². The molecular weight excluding hydrogens is 526 g/mol. The lowest BCUT2D eigenvalue weighted by Crippen LogP contribution is -2.46. The fraction of sp³-hybridized carbons (Fsp3) is 0.435. The Morgan fingerprint density at radius 2 is 1.81 bits per heavy atom. The number of methoxy groups -OCH3 is 2. The van der Waals surface area contributed by atoms with Crippen LogP contribution in [0.15, 0.2) is 47.5 Å². The van der Waals surface area contributed by atoms with Crippen molar-refractivity contribution < 1.29 is 18.6 Å². The Bertz CT molecular complexity index is 861. The lowest BCUT2D eigenvalue weighted by atomic mass is 10.0. The second-order valence-electron chi connectivity index (χ2n) is 7.21. The summed E-state index contributed by atoms with van der Waals surface area (Å²) < 4.78 is 29.7. The van der Waals surface area contributed by atoms with Gasteiger partial charge in [-0.15, -0.1) is 24.0 Å². The second kappa shape index (κ2) is 13.4. The average Bonchev–Trinajstić information content (AvgIpc) is 2.82. The predicted molar refractivity (Wildman–Crippen MR) is 135 cm³/mol. The summed E-state index contributed by atoms with van der Waals surface area (Å²) in [6.45, 7) is 4.31. The van der Waals surface area contributed by atoms with Gasteiger partial charge in [0.1, 0.15) is 5.75 Å². The Morgan fingerprint density at radius 3 is 2.41 bits per heavy atom. The summed E-state index contributed by atoms with van der Waals surface area (Å²) in [6.07, 6.45) is 0. The highest BCUT2D eigenvalue weighted by molar-refractivity contribution is 14.0.